The van der Waals surface area contributed by atoms with E-state index in [4.69, 9.17) is 0 Å². The van der Waals surface area contributed by atoms with Gasteiger partial charge in [-0.15, -0.1) is 11.3 Å². The Balaban J connectivity index is 1.80. The lowest BCUT2D eigenvalue weighted by molar-refractivity contribution is -0.115. The largest absolute Gasteiger partial charge is 0.325 e. The molecule has 2 rings (SSSR count). The maximum atomic E-state index is 11.9. The Morgan fingerprint density at radius 1 is 1.15 bits per heavy atom. The zero-order valence-corrected chi connectivity index (χ0v) is 12.9. The van der Waals surface area contributed by atoms with E-state index < -0.39 is 0 Å². The van der Waals surface area contributed by atoms with E-state index in [0.717, 1.165) is 17.8 Å². The van der Waals surface area contributed by atoms with Crippen LogP contribution in [-0.4, -0.2) is 12.5 Å². The highest BCUT2D eigenvalue weighted by molar-refractivity contribution is 7.12. The minimum atomic E-state index is -0.00991. The Morgan fingerprint density at radius 2 is 1.90 bits per heavy atom. The lowest BCUT2D eigenvalue weighted by Gasteiger charge is -2.08. The zero-order valence-electron chi connectivity index (χ0n) is 12.1. The molecular formula is C16H20N2OS. The number of aryl methyl sites for hydroxylation is 3. The van der Waals surface area contributed by atoms with Crippen LogP contribution in [0.1, 0.15) is 20.9 Å². The molecule has 3 nitrogen and oxygen atoms in total. The first-order chi connectivity index (χ1) is 9.56. The smallest absolute Gasteiger partial charge is 0.238 e. The molecule has 0 aliphatic rings. The first kappa shape index (κ1) is 14.8. The van der Waals surface area contributed by atoms with Crippen LogP contribution in [0.2, 0.25) is 0 Å². The number of anilines is 1. The molecule has 2 N–H and O–H groups in total. The van der Waals surface area contributed by atoms with E-state index in [0.29, 0.717) is 6.54 Å². The lowest BCUT2D eigenvalue weighted by Crippen LogP contribution is -2.27. The number of nitrogens with one attached hydrogen (secondary N) is 2. The number of benzene rings is 1. The molecular weight excluding hydrogens is 268 g/mol. The average molecular weight is 288 g/mol. The van der Waals surface area contributed by atoms with Gasteiger partial charge in [0, 0.05) is 22.0 Å². The fourth-order valence-corrected chi connectivity index (χ4v) is 2.97. The van der Waals surface area contributed by atoms with Crippen LogP contribution in [0.25, 0.3) is 0 Å². The van der Waals surface area contributed by atoms with Gasteiger partial charge in [0.05, 0.1) is 6.54 Å². The highest BCUT2D eigenvalue weighted by atomic mass is 32.1. The Bertz CT molecular complexity index is 585. The first-order valence-electron chi connectivity index (χ1n) is 6.68. The van der Waals surface area contributed by atoms with Crippen molar-refractivity contribution in [1.29, 1.82) is 0 Å². The maximum absolute atomic E-state index is 11.9. The van der Waals surface area contributed by atoms with Crippen LogP contribution in [0, 0.1) is 20.8 Å². The van der Waals surface area contributed by atoms with E-state index in [9.17, 15) is 4.79 Å². The van der Waals surface area contributed by atoms with Crippen molar-refractivity contribution in [3.05, 3.63) is 51.2 Å². The topological polar surface area (TPSA) is 41.1 Å². The molecule has 2 aromatic rings. The van der Waals surface area contributed by atoms with Crippen molar-refractivity contribution in [2.75, 3.05) is 11.9 Å². The van der Waals surface area contributed by atoms with E-state index >= 15 is 0 Å². The summed E-state index contributed by atoms with van der Waals surface area (Å²) in [6.45, 7) is 7.28. The van der Waals surface area contributed by atoms with Crippen LogP contribution in [0.5, 0.6) is 0 Å². The summed E-state index contributed by atoms with van der Waals surface area (Å²) in [6, 6.07) is 9.96. The third kappa shape index (κ3) is 3.92. The van der Waals surface area contributed by atoms with Crippen LogP contribution in [0.15, 0.2) is 30.3 Å². The number of para-hydroxylation sites is 1. The molecule has 20 heavy (non-hydrogen) atoms. The Hall–Kier alpha value is -1.65. The lowest BCUT2D eigenvalue weighted by atomic mass is 10.2. The molecule has 1 heterocycles. The standard InChI is InChI=1S/C16H20N2OS/c1-11-6-4-5-7-15(11)18-16(19)10-17-9-14-8-12(2)13(3)20-14/h4-8,17H,9-10H2,1-3H3,(H,18,19). The van der Waals surface area contributed by atoms with Crippen molar-refractivity contribution in [2.24, 2.45) is 0 Å². The molecule has 4 heteroatoms. The monoisotopic (exact) mass is 288 g/mol. The number of thiophene rings is 1. The molecule has 1 aromatic carbocycles. The first-order valence-corrected chi connectivity index (χ1v) is 7.50. The van der Waals surface area contributed by atoms with Crippen LogP contribution in [0.3, 0.4) is 0 Å². The predicted molar refractivity (Wildman–Crippen MR) is 85.3 cm³/mol. The Kier molecular flexibility index (Phi) is 4.93. The molecule has 1 aromatic heterocycles. The summed E-state index contributed by atoms with van der Waals surface area (Å²) in [7, 11) is 0. The normalized spacial score (nSPS) is 10.6. The molecule has 0 unspecified atom stereocenters. The van der Waals surface area contributed by atoms with Gasteiger partial charge >= 0.3 is 0 Å². The summed E-state index contributed by atoms with van der Waals surface area (Å²) in [4.78, 5) is 14.5. The second kappa shape index (κ2) is 6.68. The number of hydrogen-bond donors (Lipinski definition) is 2. The Labute approximate surface area is 124 Å². The van der Waals surface area contributed by atoms with Crippen molar-refractivity contribution in [1.82, 2.24) is 5.32 Å². The zero-order chi connectivity index (χ0) is 14.5. The van der Waals surface area contributed by atoms with Gasteiger partial charge in [-0.3, -0.25) is 4.79 Å². The minimum Gasteiger partial charge on any atom is -0.325 e. The highest BCUT2D eigenvalue weighted by Crippen LogP contribution is 2.20. The van der Waals surface area contributed by atoms with Gasteiger partial charge < -0.3 is 10.6 Å². The summed E-state index contributed by atoms with van der Waals surface area (Å²) in [6.07, 6.45) is 0. The van der Waals surface area contributed by atoms with Crippen molar-refractivity contribution >= 4 is 22.9 Å². The van der Waals surface area contributed by atoms with E-state index in [1.54, 1.807) is 11.3 Å². The second-order valence-corrected chi connectivity index (χ2v) is 6.26. The molecule has 106 valence electrons. The number of carbonyl (C=O) groups is 1. The molecule has 0 radical (unpaired) electrons. The second-order valence-electron chi connectivity index (χ2n) is 4.92. The molecule has 0 fully saturated rings. The summed E-state index contributed by atoms with van der Waals surface area (Å²) in [5, 5.41) is 6.10. The number of amides is 1. The van der Waals surface area contributed by atoms with Gasteiger partial charge in [0.1, 0.15) is 0 Å². The number of carbonyl (C=O) groups excluding carboxylic acids is 1. The van der Waals surface area contributed by atoms with Crippen molar-refractivity contribution < 1.29 is 4.79 Å². The van der Waals surface area contributed by atoms with E-state index in [2.05, 4.69) is 30.5 Å². The van der Waals surface area contributed by atoms with Gasteiger partial charge in [0.25, 0.3) is 0 Å². The van der Waals surface area contributed by atoms with Crippen LogP contribution in [0.4, 0.5) is 5.69 Å². The van der Waals surface area contributed by atoms with Crippen LogP contribution < -0.4 is 10.6 Å². The summed E-state index contributed by atoms with van der Waals surface area (Å²) < 4.78 is 0. The van der Waals surface area contributed by atoms with Crippen LogP contribution in [-0.2, 0) is 11.3 Å². The van der Waals surface area contributed by atoms with Crippen molar-refractivity contribution in [2.45, 2.75) is 27.3 Å². The van der Waals surface area contributed by atoms with Gasteiger partial charge in [-0.25, -0.2) is 0 Å². The van der Waals surface area contributed by atoms with E-state index in [-0.39, 0.29) is 5.91 Å². The van der Waals surface area contributed by atoms with Gasteiger partial charge in [-0.1, -0.05) is 18.2 Å². The van der Waals surface area contributed by atoms with Crippen molar-refractivity contribution in [3.63, 3.8) is 0 Å². The molecule has 0 aliphatic heterocycles. The molecule has 0 bridgehead atoms. The van der Waals surface area contributed by atoms with E-state index in [1.807, 2.05) is 31.2 Å². The molecule has 0 aliphatic carbocycles. The van der Waals surface area contributed by atoms with Gasteiger partial charge in [-0.2, -0.15) is 0 Å². The van der Waals surface area contributed by atoms with E-state index in [1.165, 1.54) is 15.3 Å². The van der Waals surface area contributed by atoms with Crippen molar-refractivity contribution in [3.8, 4) is 0 Å². The number of rotatable bonds is 5. The maximum Gasteiger partial charge on any atom is 0.238 e. The summed E-state index contributed by atoms with van der Waals surface area (Å²) >= 11 is 1.78. The molecule has 0 saturated carbocycles. The van der Waals surface area contributed by atoms with Gasteiger partial charge in [-0.05, 0) is 44.0 Å². The molecule has 1 amide bonds. The highest BCUT2D eigenvalue weighted by Gasteiger charge is 2.05. The molecule has 0 spiro atoms. The summed E-state index contributed by atoms with van der Waals surface area (Å²) in [5.74, 6) is -0.00991. The minimum absolute atomic E-state index is 0.00991. The SMILES string of the molecule is Cc1ccccc1NC(=O)CNCc1cc(C)c(C)s1. The van der Waals surface area contributed by atoms with Gasteiger partial charge in [0.15, 0.2) is 0 Å². The summed E-state index contributed by atoms with van der Waals surface area (Å²) in [5.41, 5.74) is 3.27. The third-order valence-electron chi connectivity index (χ3n) is 3.22. The fraction of sp³-hybridized carbons (Fsp3) is 0.312. The quantitative estimate of drug-likeness (QED) is 0.885. The fourth-order valence-electron chi connectivity index (χ4n) is 1.94. The van der Waals surface area contributed by atoms with Gasteiger partial charge in [0.2, 0.25) is 5.91 Å². The third-order valence-corrected chi connectivity index (χ3v) is 4.37. The number of hydrogen-bond acceptors (Lipinski definition) is 3. The Morgan fingerprint density at radius 3 is 2.55 bits per heavy atom. The molecule has 0 atom stereocenters. The van der Waals surface area contributed by atoms with Crippen LogP contribution >= 0.6 is 11.3 Å². The average Bonchev–Trinajstić information content (AvgIpc) is 2.71. The molecule has 0 saturated heterocycles. The predicted octanol–water partition coefficient (Wildman–Crippen LogP) is 3.40.